The van der Waals surface area contributed by atoms with Crippen molar-refractivity contribution in [1.82, 2.24) is 20.1 Å². The lowest BCUT2D eigenvalue weighted by Gasteiger charge is -2.10. The molecule has 0 saturated heterocycles. The number of amides is 1. The van der Waals surface area contributed by atoms with Crippen LogP contribution in [0.2, 0.25) is 0 Å². The van der Waals surface area contributed by atoms with Gasteiger partial charge in [0.05, 0.1) is 11.5 Å². The predicted octanol–water partition coefficient (Wildman–Crippen LogP) is 2.33. The lowest BCUT2D eigenvalue weighted by molar-refractivity contribution is -0.384. The highest BCUT2D eigenvalue weighted by atomic mass is 16.6. The summed E-state index contributed by atoms with van der Waals surface area (Å²) in [5.41, 5.74) is 0.631. The number of nitrogens with zero attached hydrogens (tertiary/aromatic N) is 4. The molecule has 2 aliphatic carbocycles. The first-order chi connectivity index (χ1) is 12.5. The number of nitro benzene ring substituents is 1. The first-order valence-corrected chi connectivity index (χ1v) is 8.76. The van der Waals surface area contributed by atoms with E-state index in [0.717, 1.165) is 31.5 Å². The van der Waals surface area contributed by atoms with E-state index < -0.39 is 4.92 Å². The predicted molar refractivity (Wildman–Crippen MR) is 93.9 cm³/mol. The SMILES string of the molecule is Cc1nnc(CNC(=O)c2ccc(NC3CC3)c([N+](=O)[O-])c2)n1C1CC1. The van der Waals surface area contributed by atoms with E-state index in [1.165, 1.54) is 6.07 Å². The monoisotopic (exact) mass is 356 g/mol. The van der Waals surface area contributed by atoms with E-state index in [1.807, 2.05) is 11.5 Å². The minimum absolute atomic E-state index is 0.0819. The van der Waals surface area contributed by atoms with Gasteiger partial charge in [-0.2, -0.15) is 0 Å². The maximum atomic E-state index is 12.4. The number of rotatable bonds is 7. The summed E-state index contributed by atoms with van der Waals surface area (Å²) in [6.45, 7) is 2.14. The fourth-order valence-electron chi connectivity index (χ4n) is 3.00. The molecule has 1 amide bonds. The smallest absolute Gasteiger partial charge is 0.293 e. The van der Waals surface area contributed by atoms with Gasteiger partial charge in [0.15, 0.2) is 5.82 Å². The van der Waals surface area contributed by atoms with Crippen molar-refractivity contribution < 1.29 is 9.72 Å². The van der Waals surface area contributed by atoms with Crippen molar-refractivity contribution in [2.24, 2.45) is 0 Å². The van der Waals surface area contributed by atoms with Gasteiger partial charge in [-0.3, -0.25) is 14.9 Å². The molecule has 4 rings (SSSR count). The molecule has 2 fully saturated rings. The Morgan fingerprint density at radius 1 is 1.31 bits per heavy atom. The molecule has 0 radical (unpaired) electrons. The van der Waals surface area contributed by atoms with Crippen molar-refractivity contribution >= 4 is 17.3 Å². The third-order valence-corrected chi connectivity index (χ3v) is 4.65. The molecular formula is C17H20N6O3. The molecule has 0 spiro atoms. The second-order valence-electron chi connectivity index (χ2n) is 6.85. The number of benzene rings is 1. The lowest BCUT2D eigenvalue weighted by Crippen LogP contribution is -2.25. The third-order valence-electron chi connectivity index (χ3n) is 4.65. The Morgan fingerprint density at radius 2 is 2.08 bits per heavy atom. The molecule has 0 aliphatic heterocycles. The van der Waals surface area contributed by atoms with Crippen molar-refractivity contribution in [3.63, 3.8) is 0 Å². The van der Waals surface area contributed by atoms with Crippen LogP contribution in [-0.4, -0.2) is 31.6 Å². The van der Waals surface area contributed by atoms with Gasteiger partial charge in [0.25, 0.3) is 11.6 Å². The highest BCUT2D eigenvalue weighted by Crippen LogP contribution is 2.36. The topological polar surface area (TPSA) is 115 Å². The van der Waals surface area contributed by atoms with Crippen LogP contribution < -0.4 is 10.6 Å². The van der Waals surface area contributed by atoms with Gasteiger partial charge in [-0.25, -0.2) is 0 Å². The summed E-state index contributed by atoms with van der Waals surface area (Å²) in [6, 6.07) is 5.24. The van der Waals surface area contributed by atoms with E-state index in [4.69, 9.17) is 0 Å². The number of carbonyl (C=O) groups is 1. The molecule has 0 atom stereocenters. The first kappa shape index (κ1) is 16.5. The molecular weight excluding hydrogens is 336 g/mol. The van der Waals surface area contributed by atoms with Gasteiger partial charge >= 0.3 is 0 Å². The highest BCUT2D eigenvalue weighted by molar-refractivity contribution is 5.95. The molecule has 2 N–H and O–H groups in total. The number of nitrogens with one attached hydrogen (secondary N) is 2. The van der Waals surface area contributed by atoms with Crippen LogP contribution >= 0.6 is 0 Å². The average Bonchev–Trinajstić information content (AvgIpc) is 3.54. The maximum Gasteiger partial charge on any atom is 0.293 e. The lowest BCUT2D eigenvalue weighted by atomic mass is 10.1. The van der Waals surface area contributed by atoms with E-state index in [9.17, 15) is 14.9 Å². The molecule has 0 bridgehead atoms. The highest BCUT2D eigenvalue weighted by Gasteiger charge is 2.28. The van der Waals surface area contributed by atoms with Gasteiger partial charge in [-0.1, -0.05) is 0 Å². The van der Waals surface area contributed by atoms with Crippen LogP contribution in [0.1, 0.15) is 53.7 Å². The molecule has 1 aromatic heterocycles. The summed E-state index contributed by atoms with van der Waals surface area (Å²) >= 11 is 0. The van der Waals surface area contributed by atoms with Crippen LogP contribution in [0.3, 0.4) is 0 Å². The molecule has 1 aromatic carbocycles. The Bertz CT molecular complexity index is 869. The van der Waals surface area contributed by atoms with Crippen molar-refractivity contribution in [1.29, 1.82) is 0 Å². The number of aromatic nitrogens is 3. The molecule has 9 heteroatoms. The quantitative estimate of drug-likeness (QED) is 0.581. The van der Waals surface area contributed by atoms with Crippen molar-refractivity contribution in [3.8, 4) is 0 Å². The van der Waals surface area contributed by atoms with Crippen LogP contribution in [0.25, 0.3) is 0 Å². The molecule has 136 valence electrons. The number of hydrogen-bond donors (Lipinski definition) is 2. The second-order valence-corrected chi connectivity index (χ2v) is 6.85. The second kappa shape index (κ2) is 6.40. The molecule has 0 unspecified atom stereocenters. The maximum absolute atomic E-state index is 12.4. The van der Waals surface area contributed by atoms with Crippen molar-refractivity contribution in [2.75, 3.05) is 5.32 Å². The zero-order valence-electron chi connectivity index (χ0n) is 14.4. The molecule has 26 heavy (non-hydrogen) atoms. The van der Waals surface area contributed by atoms with E-state index in [1.54, 1.807) is 12.1 Å². The van der Waals surface area contributed by atoms with E-state index in [-0.39, 0.29) is 23.7 Å². The minimum Gasteiger partial charge on any atom is -0.377 e. The molecule has 2 aromatic rings. The van der Waals surface area contributed by atoms with Gasteiger partial charge in [0, 0.05) is 23.7 Å². The van der Waals surface area contributed by atoms with Crippen LogP contribution in [0.15, 0.2) is 18.2 Å². The van der Waals surface area contributed by atoms with Crippen LogP contribution in [0.5, 0.6) is 0 Å². The third kappa shape index (κ3) is 3.37. The summed E-state index contributed by atoms with van der Waals surface area (Å²) in [6.07, 6.45) is 4.23. The van der Waals surface area contributed by atoms with Gasteiger partial charge in [-0.05, 0) is 44.7 Å². The van der Waals surface area contributed by atoms with Crippen molar-refractivity contribution in [3.05, 3.63) is 45.5 Å². The minimum atomic E-state index is -0.464. The summed E-state index contributed by atoms with van der Waals surface area (Å²) < 4.78 is 2.05. The zero-order valence-corrected chi connectivity index (χ0v) is 14.4. The Balaban J connectivity index is 1.47. The van der Waals surface area contributed by atoms with Gasteiger partial charge in [0.2, 0.25) is 0 Å². The molecule has 2 saturated carbocycles. The van der Waals surface area contributed by atoms with Crippen LogP contribution in [0.4, 0.5) is 11.4 Å². The fraction of sp³-hybridized carbons (Fsp3) is 0.471. The number of anilines is 1. The average molecular weight is 356 g/mol. The Labute approximate surface area is 150 Å². The first-order valence-electron chi connectivity index (χ1n) is 8.76. The van der Waals surface area contributed by atoms with E-state index >= 15 is 0 Å². The Morgan fingerprint density at radius 3 is 2.73 bits per heavy atom. The Hall–Kier alpha value is -2.97. The number of aryl methyl sites for hydroxylation is 1. The van der Waals surface area contributed by atoms with Crippen molar-refractivity contribution in [2.45, 2.75) is 51.2 Å². The fourth-order valence-corrected chi connectivity index (χ4v) is 3.00. The van der Waals surface area contributed by atoms with Gasteiger partial charge in [0.1, 0.15) is 11.5 Å². The Kier molecular flexibility index (Phi) is 4.06. The standard InChI is InChI=1S/C17H20N6O3/c1-10-20-21-16(22(10)13-5-6-13)9-18-17(24)11-2-7-14(19-12-3-4-12)15(8-11)23(25)26/h2,7-8,12-13,19H,3-6,9H2,1H3,(H,18,24). The number of nitro groups is 1. The molecule has 9 nitrogen and oxygen atoms in total. The van der Waals surface area contributed by atoms with Crippen LogP contribution in [0, 0.1) is 17.0 Å². The summed E-state index contributed by atoms with van der Waals surface area (Å²) in [5, 5.41) is 25.4. The number of hydrogen-bond acceptors (Lipinski definition) is 6. The number of carbonyl (C=O) groups excluding carboxylic acids is 1. The van der Waals surface area contributed by atoms with E-state index in [2.05, 4.69) is 20.8 Å². The molecule has 2 aliphatic rings. The summed E-state index contributed by atoms with van der Waals surface area (Å²) in [4.78, 5) is 23.3. The van der Waals surface area contributed by atoms with Gasteiger partial charge in [-0.15, -0.1) is 10.2 Å². The van der Waals surface area contributed by atoms with Crippen LogP contribution in [-0.2, 0) is 6.54 Å². The summed E-state index contributed by atoms with van der Waals surface area (Å²) in [5.74, 6) is 1.18. The molecule has 1 heterocycles. The zero-order chi connectivity index (χ0) is 18.3. The summed E-state index contributed by atoms with van der Waals surface area (Å²) in [7, 11) is 0. The largest absolute Gasteiger partial charge is 0.377 e. The normalized spacial score (nSPS) is 16.3. The van der Waals surface area contributed by atoms with Gasteiger partial charge < -0.3 is 15.2 Å². The van der Waals surface area contributed by atoms with E-state index in [0.29, 0.717) is 23.6 Å².